The minimum atomic E-state index is -2.69. The van der Waals surface area contributed by atoms with Gasteiger partial charge < -0.3 is 18.0 Å². The Balaban J connectivity index is 4.35. The molecule has 0 heterocycles. The molecule has 5 nitrogen and oxygen atoms in total. The largest absolute Gasteiger partial charge is 0.529 e. The summed E-state index contributed by atoms with van der Waals surface area (Å²) in [6.45, 7) is 9.11. The predicted octanol–water partition coefficient (Wildman–Crippen LogP) is 2.08. The van der Waals surface area contributed by atoms with Crippen LogP contribution in [0.3, 0.4) is 0 Å². The molecule has 0 atom stereocenters. The Morgan fingerprint density at radius 2 is 1.56 bits per heavy atom. The van der Waals surface area contributed by atoms with Crippen molar-refractivity contribution in [3.05, 3.63) is 11.8 Å². The number of ether oxygens (including phenoxy) is 1. The SMILES string of the molecule is CCO[Si](C=CCCOC(C)=O)(OCC)OCC. The third kappa shape index (κ3) is 7.60. The van der Waals surface area contributed by atoms with Crippen molar-refractivity contribution in [2.45, 2.75) is 34.1 Å². The Bertz CT molecular complexity index is 238. The van der Waals surface area contributed by atoms with Crippen molar-refractivity contribution in [2.24, 2.45) is 0 Å². The second-order valence-corrected chi connectivity index (χ2v) is 5.84. The average molecular weight is 276 g/mol. The zero-order chi connectivity index (χ0) is 13.9. The second kappa shape index (κ2) is 10.2. The van der Waals surface area contributed by atoms with Crippen LogP contribution in [0.5, 0.6) is 0 Å². The Kier molecular flexibility index (Phi) is 9.86. The van der Waals surface area contributed by atoms with Crippen molar-refractivity contribution in [1.29, 1.82) is 0 Å². The third-order valence-electron chi connectivity index (χ3n) is 1.95. The van der Waals surface area contributed by atoms with E-state index in [0.717, 1.165) is 0 Å². The molecule has 6 heteroatoms. The molecule has 0 aromatic rings. The molecule has 0 aromatic carbocycles. The van der Waals surface area contributed by atoms with Crippen LogP contribution in [0.25, 0.3) is 0 Å². The van der Waals surface area contributed by atoms with Crippen molar-refractivity contribution in [3.63, 3.8) is 0 Å². The van der Waals surface area contributed by atoms with Gasteiger partial charge >= 0.3 is 14.8 Å². The lowest BCUT2D eigenvalue weighted by atomic mass is 10.4. The van der Waals surface area contributed by atoms with Gasteiger partial charge in [0.15, 0.2) is 0 Å². The van der Waals surface area contributed by atoms with Crippen LogP contribution >= 0.6 is 0 Å². The van der Waals surface area contributed by atoms with Crippen LogP contribution in [0, 0.1) is 0 Å². The zero-order valence-electron chi connectivity index (χ0n) is 11.7. The highest BCUT2D eigenvalue weighted by atomic mass is 28.4. The van der Waals surface area contributed by atoms with Gasteiger partial charge in [0.2, 0.25) is 0 Å². The molecular formula is C12H24O5Si. The van der Waals surface area contributed by atoms with Gasteiger partial charge in [-0.2, -0.15) is 0 Å². The summed E-state index contributed by atoms with van der Waals surface area (Å²) in [5.74, 6) is -0.272. The fourth-order valence-electron chi connectivity index (χ4n) is 1.37. The maximum Gasteiger partial charge on any atom is 0.529 e. The van der Waals surface area contributed by atoms with E-state index >= 15 is 0 Å². The molecule has 0 aromatic heterocycles. The first-order chi connectivity index (χ1) is 8.60. The van der Waals surface area contributed by atoms with Gasteiger partial charge in [-0.3, -0.25) is 4.79 Å². The Hall–Kier alpha value is -0.693. The molecule has 106 valence electrons. The lowest BCUT2D eigenvalue weighted by Crippen LogP contribution is -2.44. The van der Waals surface area contributed by atoms with E-state index < -0.39 is 8.80 Å². The number of hydrogen-bond donors (Lipinski definition) is 0. The first-order valence-electron chi connectivity index (χ1n) is 6.33. The van der Waals surface area contributed by atoms with Gasteiger partial charge in [-0.1, -0.05) is 6.08 Å². The zero-order valence-corrected chi connectivity index (χ0v) is 12.7. The summed E-state index contributed by atoms with van der Waals surface area (Å²) in [7, 11) is -2.69. The molecule has 0 aliphatic carbocycles. The number of esters is 1. The second-order valence-electron chi connectivity index (χ2n) is 3.43. The normalized spacial score (nSPS) is 12.0. The van der Waals surface area contributed by atoms with Gasteiger partial charge in [-0.15, -0.1) is 0 Å². The van der Waals surface area contributed by atoms with E-state index in [-0.39, 0.29) is 5.97 Å². The summed E-state index contributed by atoms with van der Waals surface area (Å²) in [6.07, 6.45) is 2.51. The van der Waals surface area contributed by atoms with Crippen molar-refractivity contribution in [3.8, 4) is 0 Å². The standard InChI is InChI=1S/C12H24O5Si/c1-5-15-18(16-6-2,17-7-3)11-9-8-10-14-12(4)13/h9,11H,5-8,10H2,1-4H3. The minimum Gasteiger partial charge on any atom is -0.466 e. The molecule has 0 fully saturated rings. The Labute approximate surface area is 110 Å². The summed E-state index contributed by atoms with van der Waals surface area (Å²) in [6, 6.07) is 0. The highest BCUT2D eigenvalue weighted by Crippen LogP contribution is 2.12. The lowest BCUT2D eigenvalue weighted by molar-refractivity contribution is -0.140. The molecule has 0 saturated carbocycles. The maximum atomic E-state index is 10.6. The molecule has 0 amide bonds. The van der Waals surface area contributed by atoms with Crippen LogP contribution < -0.4 is 0 Å². The first kappa shape index (κ1) is 17.3. The minimum absolute atomic E-state index is 0.272. The molecule has 0 rings (SSSR count). The summed E-state index contributed by atoms with van der Waals surface area (Å²) < 4.78 is 21.8. The van der Waals surface area contributed by atoms with Gasteiger partial charge in [-0.25, -0.2) is 0 Å². The number of carbonyl (C=O) groups is 1. The topological polar surface area (TPSA) is 54.0 Å². The molecule has 0 spiro atoms. The van der Waals surface area contributed by atoms with Gasteiger partial charge in [0.05, 0.1) is 6.61 Å². The van der Waals surface area contributed by atoms with E-state index in [4.69, 9.17) is 18.0 Å². The summed E-state index contributed by atoms with van der Waals surface area (Å²) in [4.78, 5) is 10.6. The van der Waals surface area contributed by atoms with Crippen molar-refractivity contribution < 1.29 is 22.8 Å². The monoisotopic (exact) mass is 276 g/mol. The smallest absolute Gasteiger partial charge is 0.466 e. The van der Waals surface area contributed by atoms with Crippen LogP contribution in [-0.4, -0.2) is 41.2 Å². The molecule has 0 N–H and O–H groups in total. The molecular weight excluding hydrogens is 252 g/mol. The predicted molar refractivity (Wildman–Crippen MR) is 71.0 cm³/mol. The van der Waals surface area contributed by atoms with Crippen LogP contribution in [0.4, 0.5) is 0 Å². The maximum absolute atomic E-state index is 10.6. The molecule has 18 heavy (non-hydrogen) atoms. The van der Waals surface area contributed by atoms with Crippen molar-refractivity contribution in [1.82, 2.24) is 0 Å². The van der Waals surface area contributed by atoms with Crippen LogP contribution in [0.2, 0.25) is 0 Å². The highest BCUT2D eigenvalue weighted by Gasteiger charge is 2.37. The summed E-state index contributed by atoms with van der Waals surface area (Å²) in [5, 5.41) is 0. The van der Waals surface area contributed by atoms with Crippen LogP contribution in [-0.2, 0) is 22.8 Å². The first-order valence-corrected chi connectivity index (χ1v) is 8.13. The fourth-order valence-corrected chi connectivity index (χ4v) is 3.57. The van der Waals surface area contributed by atoms with E-state index in [9.17, 15) is 4.79 Å². The van der Waals surface area contributed by atoms with Gasteiger partial charge in [0, 0.05) is 26.7 Å². The lowest BCUT2D eigenvalue weighted by Gasteiger charge is -2.25. The molecule has 0 saturated heterocycles. The third-order valence-corrected chi connectivity index (χ3v) is 4.67. The highest BCUT2D eigenvalue weighted by molar-refractivity contribution is 6.66. The van der Waals surface area contributed by atoms with E-state index in [0.29, 0.717) is 32.8 Å². The molecule has 0 aliphatic rings. The number of rotatable bonds is 10. The quantitative estimate of drug-likeness (QED) is 0.347. The summed E-state index contributed by atoms with van der Waals surface area (Å²) in [5.41, 5.74) is 1.85. The average Bonchev–Trinajstić information content (AvgIpc) is 2.29. The molecule has 0 aliphatic heterocycles. The van der Waals surface area contributed by atoms with Gasteiger partial charge in [0.25, 0.3) is 0 Å². The Morgan fingerprint density at radius 1 is 1.06 bits per heavy atom. The van der Waals surface area contributed by atoms with Crippen LogP contribution in [0.15, 0.2) is 11.8 Å². The van der Waals surface area contributed by atoms with Crippen molar-refractivity contribution >= 4 is 14.8 Å². The number of hydrogen-bond acceptors (Lipinski definition) is 5. The van der Waals surface area contributed by atoms with Crippen LogP contribution in [0.1, 0.15) is 34.1 Å². The van der Waals surface area contributed by atoms with Gasteiger partial charge in [0.1, 0.15) is 0 Å². The van der Waals surface area contributed by atoms with E-state index in [1.165, 1.54) is 6.92 Å². The molecule has 0 radical (unpaired) electrons. The van der Waals surface area contributed by atoms with Gasteiger partial charge in [-0.05, 0) is 32.9 Å². The molecule has 0 bridgehead atoms. The van der Waals surface area contributed by atoms with E-state index in [2.05, 4.69) is 0 Å². The summed E-state index contributed by atoms with van der Waals surface area (Å²) >= 11 is 0. The van der Waals surface area contributed by atoms with E-state index in [1.807, 2.05) is 32.5 Å². The number of carbonyl (C=O) groups excluding carboxylic acids is 1. The molecule has 0 unspecified atom stereocenters. The van der Waals surface area contributed by atoms with E-state index in [1.54, 1.807) is 0 Å². The fraction of sp³-hybridized carbons (Fsp3) is 0.750. The Morgan fingerprint density at radius 3 is 1.94 bits per heavy atom. The van der Waals surface area contributed by atoms with Crippen molar-refractivity contribution in [2.75, 3.05) is 26.4 Å².